The smallest absolute Gasteiger partial charge is 0.259 e. The molecule has 1 heterocycles. The van der Waals surface area contributed by atoms with Crippen LogP contribution >= 0.6 is 11.6 Å². The standard InChI is InChI=1S/C12H9ClFN3O/c13-9-5-7(14)1-2-11(9)17-12(18)8-6-16-4-3-10(8)15/h1-6H,(H2,15,16)(H,17,18). The summed E-state index contributed by atoms with van der Waals surface area (Å²) in [6, 6.07) is 5.21. The Bertz CT molecular complexity index is 604. The average Bonchev–Trinajstić information content (AvgIpc) is 2.33. The number of pyridine rings is 1. The second-order valence-electron chi connectivity index (χ2n) is 3.54. The van der Waals surface area contributed by atoms with Gasteiger partial charge < -0.3 is 11.1 Å². The molecule has 0 bridgehead atoms. The molecule has 0 aliphatic rings. The minimum Gasteiger partial charge on any atom is -0.398 e. The number of benzene rings is 1. The molecule has 1 aromatic heterocycles. The number of carbonyl (C=O) groups is 1. The van der Waals surface area contributed by atoms with Gasteiger partial charge in [-0.3, -0.25) is 9.78 Å². The number of anilines is 2. The lowest BCUT2D eigenvalue weighted by atomic mass is 10.2. The predicted octanol–water partition coefficient (Wildman–Crippen LogP) is 2.71. The van der Waals surface area contributed by atoms with E-state index in [1.165, 1.54) is 30.6 Å². The molecule has 3 N–H and O–H groups in total. The van der Waals surface area contributed by atoms with Crippen molar-refractivity contribution in [2.75, 3.05) is 11.1 Å². The maximum absolute atomic E-state index is 12.8. The Balaban J connectivity index is 2.24. The van der Waals surface area contributed by atoms with Crippen molar-refractivity contribution in [3.63, 3.8) is 0 Å². The summed E-state index contributed by atoms with van der Waals surface area (Å²) in [6.07, 6.45) is 2.83. The largest absolute Gasteiger partial charge is 0.398 e. The number of rotatable bonds is 2. The molecule has 0 spiro atoms. The van der Waals surface area contributed by atoms with Crippen molar-refractivity contribution >= 4 is 28.9 Å². The molecule has 0 saturated carbocycles. The van der Waals surface area contributed by atoms with Crippen LogP contribution in [0.5, 0.6) is 0 Å². The summed E-state index contributed by atoms with van der Waals surface area (Å²) in [6.45, 7) is 0. The number of amides is 1. The summed E-state index contributed by atoms with van der Waals surface area (Å²) < 4.78 is 12.8. The minimum atomic E-state index is -0.473. The van der Waals surface area contributed by atoms with Gasteiger partial charge in [0.2, 0.25) is 0 Å². The van der Waals surface area contributed by atoms with Crippen LogP contribution in [0.3, 0.4) is 0 Å². The lowest BCUT2D eigenvalue weighted by Gasteiger charge is -2.08. The first-order valence-electron chi connectivity index (χ1n) is 5.04. The Labute approximate surface area is 108 Å². The molecule has 4 nitrogen and oxygen atoms in total. The second-order valence-corrected chi connectivity index (χ2v) is 3.95. The zero-order chi connectivity index (χ0) is 13.1. The highest BCUT2D eigenvalue weighted by molar-refractivity contribution is 6.34. The summed E-state index contributed by atoms with van der Waals surface area (Å²) >= 11 is 5.80. The first-order valence-corrected chi connectivity index (χ1v) is 5.41. The predicted molar refractivity (Wildman–Crippen MR) is 68.0 cm³/mol. The van der Waals surface area contributed by atoms with Crippen LogP contribution in [0, 0.1) is 5.82 Å². The molecule has 2 aromatic rings. The van der Waals surface area contributed by atoms with Gasteiger partial charge in [0.15, 0.2) is 0 Å². The van der Waals surface area contributed by atoms with Gasteiger partial charge in [0, 0.05) is 18.1 Å². The monoisotopic (exact) mass is 265 g/mol. The van der Waals surface area contributed by atoms with Gasteiger partial charge in [-0.1, -0.05) is 11.6 Å². The van der Waals surface area contributed by atoms with Crippen LogP contribution in [0.4, 0.5) is 15.8 Å². The number of aromatic nitrogens is 1. The fraction of sp³-hybridized carbons (Fsp3) is 0. The molecule has 0 atom stereocenters. The fourth-order valence-electron chi connectivity index (χ4n) is 1.38. The molecule has 0 aliphatic heterocycles. The molecule has 0 saturated heterocycles. The first-order chi connectivity index (χ1) is 8.58. The third kappa shape index (κ3) is 2.57. The van der Waals surface area contributed by atoms with Crippen molar-refractivity contribution in [2.24, 2.45) is 0 Å². The molecular formula is C12H9ClFN3O. The van der Waals surface area contributed by atoms with Crippen LogP contribution in [0.2, 0.25) is 5.02 Å². The van der Waals surface area contributed by atoms with Crippen LogP contribution in [-0.2, 0) is 0 Å². The van der Waals surface area contributed by atoms with Gasteiger partial charge in [0.1, 0.15) is 5.82 Å². The summed E-state index contributed by atoms with van der Waals surface area (Å²) in [5, 5.41) is 2.65. The number of halogens is 2. The first kappa shape index (κ1) is 12.3. The van der Waals surface area contributed by atoms with E-state index >= 15 is 0 Å². The van der Waals surface area contributed by atoms with Crippen molar-refractivity contribution in [1.82, 2.24) is 4.98 Å². The van der Waals surface area contributed by atoms with E-state index in [-0.39, 0.29) is 10.6 Å². The number of nitrogens with zero attached hydrogens (tertiary/aromatic N) is 1. The summed E-state index contributed by atoms with van der Waals surface area (Å²) in [4.78, 5) is 15.7. The van der Waals surface area contributed by atoms with E-state index in [9.17, 15) is 9.18 Å². The van der Waals surface area contributed by atoms with E-state index in [2.05, 4.69) is 10.3 Å². The number of nitrogens with two attached hydrogens (primary N) is 1. The van der Waals surface area contributed by atoms with Gasteiger partial charge >= 0.3 is 0 Å². The van der Waals surface area contributed by atoms with Crippen LogP contribution in [-0.4, -0.2) is 10.9 Å². The average molecular weight is 266 g/mol. The maximum atomic E-state index is 12.8. The number of hydrogen-bond donors (Lipinski definition) is 2. The molecule has 0 fully saturated rings. The van der Waals surface area contributed by atoms with Crippen molar-refractivity contribution in [3.05, 3.63) is 53.1 Å². The molecule has 1 aromatic carbocycles. The van der Waals surface area contributed by atoms with E-state index in [0.29, 0.717) is 11.4 Å². The Hall–Kier alpha value is -2.14. The highest BCUT2D eigenvalue weighted by Crippen LogP contribution is 2.23. The van der Waals surface area contributed by atoms with Crippen molar-refractivity contribution in [3.8, 4) is 0 Å². The molecule has 6 heteroatoms. The highest BCUT2D eigenvalue weighted by atomic mass is 35.5. The van der Waals surface area contributed by atoms with Gasteiger partial charge in [-0.25, -0.2) is 4.39 Å². The van der Waals surface area contributed by atoms with E-state index in [4.69, 9.17) is 17.3 Å². The van der Waals surface area contributed by atoms with Gasteiger partial charge in [0.25, 0.3) is 5.91 Å². The molecule has 0 aliphatic carbocycles. The molecule has 1 amide bonds. The maximum Gasteiger partial charge on any atom is 0.259 e. The fourth-order valence-corrected chi connectivity index (χ4v) is 1.59. The highest BCUT2D eigenvalue weighted by Gasteiger charge is 2.11. The third-order valence-electron chi connectivity index (χ3n) is 2.28. The molecule has 2 rings (SSSR count). The number of carbonyl (C=O) groups excluding carboxylic acids is 1. The van der Waals surface area contributed by atoms with E-state index in [1.54, 1.807) is 0 Å². The van der Waals surface area contributed by atoms with Gasteiger partial charge in [-0.05, 0) is 24.3 Å². The van der Waals surface area contributed by atoms with Gasteiger partial charge in [0.05, 0.1) is 16.3 Å². The van der Waals surface area contributed by atoms with E-state index < -0.39 is 11.7 Å². The number of nitrogens with one attached hydrogen (secondary N) is 1. The quantitative estimate of drug-likeness (QED) is 0.877. The minimum absolute atomic E-state index is 0.116. The SMILES string of the molecule is Nc1ccncc1C(=O)Nc1ccc(F)cc1Cl. The van der Waals surface area contributed by atoms with Crippen LogP contribution in [0.25, 0.3) is 0 Å². The lowest BCUT2D eigenvalue weighted by Crippen LogP contribution is -2.14. The Morgan fingerprint density at radius 1 is 1.39 bits per heavy atom. The molecule has 0 radical (unpaired) electrons. The Kier molecular flexibility index (Phi) is 3.43. The molecule has 0 unspecified atom stereocenters. The summed E-state index contributed by atoms with van der Waals surface area (Å²) in [5.74, 6) is -0.923. The van der Waals surface area contributed by atoms with Crippen molar-refractivity contribution < 1.29 is 9.18 Å². The Morgan fingerprint density at radius 3 is 2.83 bits per heavy atom. The third-order valence-corrected chi connectivity index (χ3v) is 2.59. The summed E-state index contributed by atoms with van der Waals surface area (Å²) in [7, 11) is 0. The normalized spacial score (nSPS) is 10.1. The van der Waals surface area contributed by atoms with Gasteiger partial charge in [-0.15, -0.1) is 0 Å². The number of nitrogen functional groups attached to an aromatic ring is 1. The van der Waals surface area contributed by atoms with E-state index in [0.717, 1.165) is 6.07 Å². The molecule has 92 valence electrons. The zero-order valence-corrected chi connectivity index (χ0v) is 9.91. The Morgan fingerprint density at radius 2 is 2.17 bits per heavy atom. The zero-order valence-electron chi connectivity index (χ0n) is 9.15. The van der Waals surface area contributed by atoms with Crippen molar-refractivity contribution in [2.45, 2.75) is 0 Å². The van der Waals surface area contributed by atoms with Crippen LogP contribution in [0.15, 0.2) is 36.7 Å². The lowest BCUT2D eigenvalue weighted by molar-refractivity contribution is 0.102. The van der Waals surface area contributed by atoms with Crippen molar-refractivity contribution in [1.29, 1.82) is 0 Å². The number of hydrogen-bond acceptors (Lipinski definition) is 3. The van der Waals surface area contributed by atoms with Gasteiger partial charge in [-0.2, -0.15) is 0 Å². The topological polar surface area (TPSA) is 68.0 Å². The molecule has 18 heavy (non-hydrogen) atoms. The van der Waals surface area contributed by atoms with E-state index in [1.807, 2.05) is 0 Å². The second kappa shape index (κ2) is 5.01. The summed E-state index contributed by atoms with van der Waals surface area (Å²) in [5.41, 5.74) is 6.50. The van der Waals surface area contributed by atoms with Crippen LogP contribution in [0.1, 0.15) is 10.4 Å². The molecular weight excluding hydrogens is 257 g/mol. The van der Waals surface area contributed by atoms with Crippen LogP contribution < -0.4 is 11.1 Å².